The zero-order chi connectivity index (χ0) is 15.0. The van der Waals surface area contributed by atoms with Crippen LogP contribution in [0, 0.1) is 23.5 Å². The fourth-order valence-corrected chi connectivity index (χ4v) is 2.99. The van der Waals surface area contributed by atoms with Gasteiger partial charge in [-0.05, 0) is 12.1 Å². The van der Waals surface area contributed by atoms with Gasteiger partial charge in [-0.3, -0.25) is 4.98 Å². The maximum Gasteiger partial charge on any atom is 0.152 e. The Labute approximate surface area is 120 Å². The van der Waals surface area contributed by atoms with Gasteiger partial charge in [0.05, 0.1) is 0 Å². The van der Waals surface area contributed by atoms with E-state index in [2.05, 4.69) is 4.98 Å². The van der Waals surface area contributed by atoms with Crippen LogP contribution in [0.5, 0.6) is 0 Å². The Hall–Kier alpha value is -1.79. The van der Waals surface area contributed by atoms with Crippen molar-refractivity contribution in [1.29, 1.82) is 0 Å². The number of aliphatic hydroxyl groups excluding tert-OH is 2. The minimum absolute atomic E-state index is 0.0204. The van der Waals surface area contributed by atoms with Crippen molar-refractivity contribution in [2.24, 2.45) is 11.8 Å². The molecule has 1 aliphatic rings. The average molecular weight is 294 g/mol. The zero-order valence-corrected chi connectivity index (χ0v) is 11.3. The number of aromatic nitrogens is 1. The first-order valence-electron chi connectivity index (χ1n) is 6.84. The summed E-state index contributed by atoms with van der Waals surface area (Å²) in [5.74, 6) is -1.43. The van der Waals surface area contributed by atoms with Gasteiger partial charge in [-0.1, -0.05) is 0 Å². The van der Waals surface area contributed by atoms with E-state index in [-0.39, 0.29) is 30.6 Å². The van der Waals surface area contributed by atoms with E-state index in [1.54, 1.807) is 6.07 Å². The van der Waals surface area contributed by atoms with Gasteiger partial charge in [0.25, 0.3) is 0 Å². The van der Waals surface area contributed by atoms with Gasteiger partial charge < -0.3 is 15.1 Å². The van der Waals surface area contributed by atoms with Crippen LogP contribution >= 0.6 is 0 Å². The molecular formula is C15H16F2N2O2. The van der Waals surface area contributed by atoms with Crippen LogP contribution in [0.1, 0.15) is 0 Å². The zero-order valence-electron chi connectivity index (χ0n) is 11.3. The lowest BCUT2D eigenvalue weighted by Gasteiger charge is -2.20. The summed E-state index contributed by atoms with van der Waals surface area (Å²) in [6, 6.07) is 3.78. The van der Waals surface area contributed by atoms with Crippen molar-refractivity contribution < 1.29 is 19.0 Å². The molecule has 1 saturated heterocycles. The second-order valence-corrected chi connectivity index (χ2v) is 5.40. The van der Waals surface area contributed by atoms with E-state index >= 15 is 0 Å². The van der Waals surface area contributed by atoms with Crippen LogP contribution in [0.4, 0.5) is 14.5 Å². The molecule has 1 aromatic heterocycles. The molecule has 0 saturated carbocycles. The molecule has 2 aromatic rings. The first kappa shape index (κ1) is 14.2. The number of aliphatic hydroxyl groups is 2. The Morgan fingerprint density at radius 1 is 1.14 bits per heavy atom. The number of nitrogens with zero attached hydrogens (tertiary/aromatic N) is 2. The minimum Gasteiger partial charge on any atom is -0.396 e. The molecule has 0 bridgehead atoms. The number of hydrogen-bond donors (Lipinski definition) is 2. The van der Waals surface area contributed by atoms with Crippen molar-refractivity contribution in [3.63, 3.8) is 0 Å². The summed E-state index contributed by atoms with van der Waals surface area (Å²) in [5, 5.41) is 19.1. The molecule has 0 unspecified atom stereocenters. The van der Waals surface area contributed by atoms with Gasteiger partial charge in [-0.25, -0.2) is 8.78 Å². The number of pyridine rings is 1. The third-order valence-corrected chi connectivity index (χ3v) is 4.13. The monoisotopic (exact) mass is 294 g/mol. The Kier molecular flexibility index (Phi) is 3.73. The second-order valence-electron chi connectivity index (χ2n) is 5.40. The average Bonchev–Trinajstić information content (AvgIpc) is 2.89. The number of halogens is 2. The maximum atomic E-state index is 13.8. The lowest BCUT2D eigenvalue weighted by atomic mass is 9.98. The van der Waals surface area contributed by atoms with Crippen molar-refractivity contribution in [3.05, 3.63) is 36.0 Å². The molecule has 0 aliphatic carbocycles. The van der Waals surface area contributed by atoms with Gasteiger partial charge in [0.15, 0.2) is 5.82 Å². The molecule has 112 valence electrons. The Morgan fingerprint density at radius 2 is 1.81 bits per heavy atom. The summed E-state index contributed by atoms with van der Waals surface area (Å²) in [4.78, 5) is 5.90. The molecule has 6 heteroatoms. The molecule has 0 radical (unpaired) electrons. The van der Waals surface area contributed by atoms with E-state index in [9.17, 15) is 19.0 Å². The predicted molar refractivity (Wildman–Crippen MR) is 75.0 cm³/mol. The molecule has 4 nitrogen and oxygen atoms in total. The summed E-state index contributed by atoms with van der Waals surface area (Å²) < 4.78 is 27.3. The van der Waals surface area contributed by atoms with Gasteiger partial charge in [0.2, 0.25) is 0 Å². The highest BCUT2D eigenvalue weighted by Crippen LogP contribution is 2.33. The van der Waals surface area contributed by atoms with Crippen LogP contribution in [0.25, 0.3) is 10.9 Å². The third kappa shape index (κ3) is 2.45. The predicted octanol–water partition coefficient (Wildman–Crippen LogP) is 1.55. The van der Waals surface area contributed by atoms with E-state index in [4.69, 9.17) is 0 Å². The van der Waals surface area contributed by atoms with Gasteiger partial charge in [0.1, 0.15) is 11.3 Å². The fourth-order valence-electron chi connectivity index (χ4n) is 2.99. The maximum absolute atomic E-state index is 13.8. The summed E-state index contributed by atoms with van der Waals surface area (Å²) in [5.41, 5.74) is 0.801. The standard InChI is InChI=1S/C15H16F2N2O2/c16-11-3-12-14(1-2-18-15(12)13(17)4-11)19-5-9(7-20)10(6-19)8-21/h1-4,9-10,20-21H,5-8H2/t9-,10-/m0/s1. The number of hydrogen-bond acceptors (Lipinski definition) is 4. The quantitative estimate of drug-likeness (QED) is 0.902. The van der Waals surface area contributed by atoms with Crippen LogP contribution in [0.15, 0.2) is 24.4 Å². The molecule has 2 heterocycles. The molecule has 2 N–H and O–H groups in total. The lowest BCUT2D eigenvalue weighted by Crippen LogP contribution is -2.21. The second kappa shape index (κ2) is 5.54. The van der Waals surface area contributed by atoms with E-state index in [1.807, 2.05) is 4.90 Å². The number of fused-ring (bicyclic) bond motifs is 1. The summed E-state index contributed by atoms with van der Waals surface area (Å²) >= 11 is 0. The van der Waals surface area contributed by atoms with Gasteiger partial charge in [0, 0.05) is 61.5 Å². The van der Waals surface area contributed by atoms with E-state index in [1.165, 1.54) is 12.3 Å². The molecule has 3 rings (SSSR count). The van der Waals surface area contributed by atoms with E-state index < -0.39 is 11.6 Å². The molecule has 1 aromatic carbocycles. The van der Waals surface area contributed by atoms with Crippen LogP contribution in [-0.4, -0.2) is 41.5 Å². The summed E-state index contributed by atoms with van der Waals surface area (Å²) in [7, 11) is 0. The Balaban J connectivity index is 2.05. The molecular weight excluding hydrogens is 278 g/mol. The topological polar surface area (TPSA) is 56.6 Å². The molecule has 1 fully saturated rings. The van der Waals surface area contributed by atoms with Gasteiger partial charge in [-0.2, -0.15) is 0 Å². The smallest absolute Gasteiger partial charge is 0.152 e. The number of benzene rings is 1. The normalized spacial score (nSPS) is 22.2. The SMILES string of the molecule is OC[C@@H]1CN(c2ccnc3c(F)cc(F)cc23)C[C@H]1CO. The molecule has 21 heavy (non-hydrogen) atoms. The number of anilines is 1. The summed E-state index contributed by atoms with van der Waals surface area (Å²) in [6.45, 7) is 1.04. The largest absolute Gasteiger partial charge is 0.396 e. The molecule has 0 amide bonds. The van der Waals surface area contributed by atoms with Crippen LogP contribution < -0.4 is 4.90 Å². The first-order valence-corrected chi connectivity index (χ1v) is 6.84. The third-order valence-electron chi connectivity index (χ3n) is 4.13. The first-order chi connectivity index (χ1) is 10.1. The lowest BCUT2D eigenvalue weighted by molar-refractivity contribution is 0.152. The molecule has 0 spiro atoms. The highest BCUT2D eigenvalue weighted by atomic mass is 19.1. The highest BCUT2D eigenvalue weighted by molar-refractivity contribution is 5.92. The van der Waals surface area contributed by atoms with E-state index in [0.717, 1.165) is 6.07 Å². The number of rotatable bonds is 3. The van der Waals surface area contributed by atoms with Gasteiger partial charge in [-0.15, -0.1) is 0 Å². The highest BCUT2D eigenvalue weighted by Gasteiger charge is 2.32. The summed E-state index contributed by atoms with van der Waals surface area (Å²) in [6.07, 6.45) is 1.48. The van der Waals surface area contributed by atoms with E-state index in [0.29, 0.717) is 24.2 Å². The Bertz CT molecular complexity index is 653. The minimum atomic E-state index is -0.691. The van der Waals surface area contributed by atoms with Crippen molar-refractivity contribution >= 4 is 16.6 Å². The van der Waals surface area contributed by atoms with Crippen LogP contribution in [-0.2, 0) is 0 Å². The van der Waals surface area contributed by atoms with Crippen molar-refractivity contribution in [1.82, 2.24) is 4.98 Å². The fraction of sp³-hybridized carbons (Fsp3) is 0.400. The van der Waals surface area contributed by atoms with Crippen molar-refractivity contribution in [3.8, 4) is 0 Å². The van der Waals surface area contributed by atoms with Crippen LogP contribution in [0.3, 0.4) is 0 Å². The van der Waals surface area contributed by atoms with Gasteiger partial charge >= 0.3 is 0 Å². The van der Waals surface area contributed by atoms with Crippen LogP contribution in [0.2, 0.25) is 0 Å². The molecule has 2 atom stereocenters. The molecule has 1 aliphatic heterocycles. The Morgan fingerprint density at radius 3 is 2.43 bits per heavy atom. The van der Waals surface area contributed by atoms with Crippen molar-refractivity contribution in [2.45, 2.75) is 0 Å². The van der Waals surface area contributed by atoms with Crippen molar-refractivity contribution in [2.75, 3.05) is 31.2 Å².